The van der Waals surface area contributed by atoms with Crippen molar-refractivity contribution in [1.82, 2.24) is 0 Å². The van der Waals surface area contributed by atoms with Gasteiger partial charge in [0, 0.05) is 5.71 Å². The van der Waals surface area contributed by atoms with Crippen LogP contribution in [0.1, 0.15) is 6.92 Å². The van der Waals surface area contributed by atoms with Crippen LogP contribution in [-0.2, 0) is 4.79 Å². The zero-order chi connectivity index (χ0) is 6.73. The van der Waals surface area contributed by atoms with E-state index in [1.807, 2.05) is 0 Å². The minimum atomic E-state index is -0.657. The van der Waals surface area contributed by atoms with Crippen LogP contribution in [0.5, 0.6) is 0 Å². The van der Waals surface area contributed by atoms with Crippen molar-refractivity contribution in [2.24, 2.45) is 11.7 Å². The number of hydrogen-bond acceptors (Lipinski definition) is 2. The summed E-state index contributed by atoms with van der Waals surface area (Å²) < 4.78 is 0. The Hall–Kier alpha value is -0.860. The van der Waals surface area contributed by atoms with Crippen LogP contribution in [0.4, 0.5) is 0 Å². The molecule has 0 rings (SSSR count). The average Bonchev–Trinajstić information content (AvgIpc) is 1.64. The fraction of sp³-hybridized carbons (Fsp3) is 0.400. The molecular formula is C5H9N2O. The van der Waals surface area contributed by atoms with Gasteiger partial charge in [-0.15, -0.1) is 0 Å². The fourth-order valence-electron chi connectivity index (χ4n) is 0.213. The largest absolute Gasteiger partial charge is 0.369 e. The van der Waals surface area contributed by atoms with Crippen LogP contribution in [0.25, 0.3) is 0 Å². The van der Waals surface area contributed by atoms with E-state index in [1.54, 1.807) is 0 Å². The summed E-state index contributed by atoms with van der Waals surface area (Å²) in [5.74, 6) is -1.20. The number of carbonyl (C=O) groups is 1. The molecule has 0 aliphatic rings. The predicted molar refractivity (Wildman–Crippen MR) is 31.4 cm³/mol. The molecule has 3 heteroatoms. The van der Waals surface area contributed by atoms with Crippen molar-refractivity contribution in [3.05, 3.63) is 6.92 Å². The zero-order valence-electron chi connectivity index (χ0n) is 4.77. The first kappa shape index (κ1) is 7.14. The molecule has 45 valence electrons. The lowest BCUT2D eigenvalue weighted by Gasteiger charge is -2.00. The first-order chi connectivity index (χ1) is 3.55. The van der Waals surface area contributed by atoms with Crippen LogP contribution < -0.4 is 5.73 Å². The van der Waals surface area contributed by atoms with Crippen molar-refractivity contribution in [1.29, 1.82) is 5.41 Å². The number of hydrogen-bond donors (Lipinski definition) is 2. The van der Waals surface area contributed by atoms with Gasteiger partial charge in [-0.3, -0.25) is 4.79 Å². The molecule has 0 aliphatic carbocycles. The van der Waals surface area contributed by atoms with Crippen LogP contribution in [0.3, 0.4) is 0 Å². The van der Waals surface area contributed by atoms with E-state index in [0.717, 1.165) is 0 Å². The summed E-state index contributed by atoms with van der Waals surface area (Å²) in [7, 11) is 0. The topological polar surface area (TPSA) is 66.9 Å². The summed E-state index contributed by atoms with van der Waals surface area (Å²) in [6.07, 6.45) is 0. The van der Waals surface area contributed by atoms with Gasteiger partial charge in [-0.05, 0) is 13.8 Å². The molecule has 1 unspecified atom stereocenters. The molecule has 1 amide bonds. The molecule has 0 aromatic rings. The lowest BCUT2D eigenvalue weighted by molar-refractivity contribution is -0.118. The summed E-state index contributed by atoms with van der Waals surface area (Å²) in [6.45, 7) is 4.84. The molecule has 0 aliphatic heterocycles. The maximum absolute atomic E-state index is 10.2. The van der Waals surface area contributed by atoms with Gasteiger partial charge in [-0.25, -0.2) is 0 Å². The highest BCUT2D eigenvalue weighted by Crippen LogP contribution is 1.91. The van der Waals surface area contributed by atoms with Gasteiger partial charge in [0.2, 0.25) is 5.91 Å². The number of nitrogens with one attached hydrogen (secondary N) is 1. The highest BCUT2D eigenvalue weighted by Gasteiger charge is 2.08. The van der Waals surface area contributed by atoms with Gasteiger partial charge >= 0.3 is 0 Å². The summed E-state index contributed by atoms with van der Waals surface area (Å²) in [5, 5.41) is 6.87. The quantitative estimate of drug-likeness (QED) is 0.485. The number of nitrogens with two attached hydrogens (primary N) is 1. The highest BCUT2D eigenvalue weighted by atomic mass is 16.1. The maximum Gasteiger partial charge on any atom is 0.226 e. The van der Waals surface area contributed by atoms with Gasteiger partial charge in [0.15, 0.2) is 0 Å². The van der Waals surface area contributed by atoms with E-state index in [0.29, 0.717) is 0 Å². The molecule has 1 atom stereocenters. The standard InChI is InChI=1S/C5H9N2O/c1-3(4(2)6)5(7)8/h3,6H,1H2,2H3,(H2,7,8). The minimum absolute atomic E-state index is 0.206. The van der Waals surface area contributed by atoms with Crippen LogP contribution in [-0.4, -0.2) is 11.6 Å². The van der Waals surface area contributed by atoms with Crippen molar-refractivity contribution in [3.8, 4) is 0 Å². The third kappa shape index (κ3) is 1.73. The third-order valence-corrected chi connectivity index (χ3v) is 0.866. The molecule has 8 heavy (non-hydrogen) atoms. The Morgan fingerprint density at radius 1 is 1.88 bits per heavy atom. The van der Waals surface area contributed by atoms with Crippen molar-refractivity contribution in [2.75, 3.05) is 0 Å². The summed E-state index contributed by atoms with van der Waals surface area (Å²) >= 11 is 0. The lowest BCUT2D eigenvalue weighted by atomic mass is 10.1. The normalized spacial score (nSPS) is 12.8. The Morgan fingerprint density at radius 3 is 2.25 bits per heavy atom. The minimum Gasteiger partial charge on any atom is -0.369 e. The second-order valence-corrected chi connectivity index (χ2v) is 1.64. The van der Waals surface area contributed by atoms with E-state index in [2.05, 4.69) is 6.92 Å². The summed E-state index contributed by atoms with van der Waals surface area (Å²) in [5.41, 5.74) is 5.00. The monoisotopic (exact) mass is 113 g/mol. The predicted octanol–water partition coefficient (Wildman–Crippen LogP) is -0.0383. The van der Waals surface area contributed by atoms with Gasteiger partial charge in [0.05, 0.1) is 5.92 Å². The van der Waals surface area contributed by atoms with E-state index in [1.165, 1.54) is 6.92 Å². The highest BCUT2D eigenvalue weighted by molar-refractivity contribution is 6.01. The molecule has 0 saturated heterocycles. The van der Waals surface area contributed by atoms with Crippen LogP contribution in [0.2, 0.25) is 0 Å². The van der Waals surface area contributed by atoms with E-state index in [4.69, 9.17) is 11.1 Å². The van der Waals surface area contributed by atoms with Gasteiger partial charge in [-0.1, -0.05) is 0 Å². The smallest absolute Gasteiger partial charge is 0.226 e. The number of rotatable bonds is 2. The van der Waals surface area contributed by atoms with Gasteiger partial charge in [0.25, 0.3) is 0 Å². The Morgan fingerprint density at radius 2 is 2.25 bits per heavy atom. The molecule has 0 fully saturated rings. The Kier molecular flexibility index (Phi) is 2.19. The summed E-state index contributed by atoms with van der Waals surface area (Å²) in [4.78, 5) is 10.2. The Bertz CT molecular complexity index is 106. The van der Waals surface area contributed by atoms with Crippen molar-refractivity contribution in [2.45, 2.75) is 6.92 Å². The van der Waals surface area contributed by atoms with E-state index >= 15 is 0 Å². The second kappa shape index (κ2) is 2.45. The second-order valence-electron chi connectivity index (χ2n) is 1.64. The Balaban J connectivity index is 3.83. The zero-order valence-corrected chi connectivity index (χ0v) is 4.77. The van der Waals surface area contributed by atoms with Crippen LogP contribution in [0.15, 0.2) is 0 Å². The van der Waals surface area contributed by atoms with Crippen LogP contribution >= 0.6 is 0 Å². The van der Waals surface area contributed by atoms with Crippen molar-refractivity contribution < 1.29 is 4.79 Å². The number of primary amides is 1. The molecule has 3 N–H and O–H groups in total. The SMILES string of the molecule is [CH2]C(C(C)=N)C(N)=O. The third-order valence-electron chi connectivity index (χ3n) is 0.866. The van der Waals surface area contributed by atoms with Gasteiger partial charge < -0.3 is 11.1 Å². The van der Waals surface area contributed by atoms with Crippen molar-refractivity contribution >= 4 is 11.6 Å². The molecule has 0 aromatic heterocycles. The molecule has 3 nitrogen and oxygen atoms in total. The molecule has 0 spiro atoms. The number of carbonyl (C=O) groups excluding carboxylic acids is 1. The van der Waals surface area contributed by atoms with E-state index in [-0.39, 0.29) is 5.71 Å². The summed E-state index contributed by atoms with van der Waals surface area (Å²) in [6, 6.07) is 0. The van der Waals surface area contributed by atoms with Crippen LogP contribution in [0, 0.1) is 18.3 Å². The average molecular weight is 113 g/mol. The molecular weight excluding hydrogens is 104 g/mol. The molecule has 1 radical (unpaired) electrons. The van der Waals surface area contributed by atoms with Gasteiger partial charge in [-0.2, -0.15) is 0 Å². The van der Waals surface area contributed by atoms with Gasteiger partial charge in [0.1, 0.15) is 0 Å². The van der Waals surface area contributed by atoms with E-state index < -0.39 is 11.8 Å². The molecule has 0 heterocycles. The maximum atomic E-state index is 10.2. The molecule has 0 bridgehead atoms. The van der Waals surface area contributed by atoms with E-state index in [9.17, 15) is 4.79 Å². The fourth-order valence-corrected chi connectivity index (χ4v) is 0.213. The molecule has 0 saturated carbocycles. The molecule has 0 aromatic carbocycles. The Labute approximate surface area is 48.4 Å². The first-order valence-electron chi connectivity index (χ1n) is 2.23. The first-order valence-corrected chi connectivity index (χ1v) is 2.23. The number of amides is 1. The lowest BCUT2D eigenvalue weighted by Crippen LogP contribution is -2.25. The van der Waals surface area contributed by atoms with Crippen molar-refractivity contribution in [3.63, 3.8) is 0 Å².